The summed E-state index contributed by atoms with van der Waals surface area (Å²) < 4.78 is 18.6. The number of benzene rings is 1. The fourth-order valence-electron chi connectivity index (χ4n) is 2.30. The fourth-order valence-corrected chi connectivity index (χ4v) is 2.30. The summed E-state index contributed by atoms with van der Waals surface area (Å²) in [5.74, 6) is -1.83. The molecule has 1 heterocycles. The van der Waals surface area contributed by atoms with Gasteiger partial charge in [0.25, 0.3) is 0 Å². The van der Waals surface area contributed by atoms with Crippen LogP contribution in [0.1, 0.15) is 24.8 Å². The van der Waals surface area contributed by atoms with E-state index in [0.717, 1.165) is 0 Å². The van der Waals surface area contributed by atoms with Gasteiger partial charge in [-0.2, -0.15) is 0 Å². The molecule has 1 aromatic carbocycles. The van der Waals surface area contributed by atoms with Crippen LogP contribution >= 0.6 is 0 Å². The summed E-state index contributed by atoms with van der Waals surface area (Å²) in [7, 11) is 1.26. The Morgan fingerprint density at radius 3 is 2.74 bits per heavy atom. The zero-order valence-electron chi connectivity index (χ0n) is 10.7. The molecule has 0 fully saturated rings. The highest BCUT2D eigenvalue weighted by molar-refractivity contribution is 5.95. The van der Waals surface area contributed by atoms with E-state index in [1.165, 1.54) is 13.2 Å². The molecule has 100 valence electrons. The van der Waals surface area contributed by atoms with E-state index >= 15 is 0 Å². The summed E-state index contributed by atoms with van der Waals surface area (Å²) in [5.41, 5.74) is 1.04. The minimum absolute atomic E-state index is 0.0305. The summed E-state index contributed by atoms with van der Waals surface area (Å²) >= 11 is 0. The first-order valence-corrected chi connectivity index (χ1v) is 5.88. The summed E-state index contributed by atoms with van der Waals surface area (Å²) in [6, 6.07) is 6.13. The molecule has 0 spiro atoms. The van der Waals surface area contributed by atoms with Crippen LogP contribution in [0.3, 0.4) is 0 Å². The number of amides is 1. The molecule has 1 amide bonds. The quantitative estimate of drug-likeness (QED) is 0.829. The van der Waals surface area contributed by atoms with Gasteiger partial charge >= 0.3 is 5.97 Å². The maximum absolute atomic E-state index is 13.9. The number of rotatable bonds is 2. The molecule has 19 heavy (non-hydrogen) atoms. The molecule has 0 aliphatic carbocycles. The van der Waals surface area contributed by atoms with Crippen molar-refractivity contribution in [2.45, 2.75) is 19.3 Å². The van der Waals surface area contributed by atoms with Crippen molar-refractivity contribution in [1.82, 2.24) is 5.32 Å². The SMILES string of the molecule is COC(=O)C1=C(C)NC(=O)C[C@H]1c1ccccc1F. The number of nitrogens with one attached hydrogen (secondary N) is 1. The third kappa shape index (κ3) is 2.50. The molecule has 5 heteroatoms. The minimum Gasteiger partial charge on any atom is -0.466 e. The number of methoxy groups -OCH3 is 1. The lowest BCUT2D eigenvalue weighted by molar-refractivity contribution is -0.136. The van der Waals surface area contributed by atoms with Gasteiger partial charge in [-0.15, -0.1) is 0 Å². The smallest absolute Gasteiger partial charge is 0.336 e. The third-order valence-electron chi connectivity index (χ3n) is 3.15. The van der Waals surface area contributed by atoms with Crippen molar-refractivity contribution >= 4 is 11.9 Å². The number of esters is 1. The van der Waals surface area contributed by atoms with Gasteiger partial charge in [0.15, 0.2) is 0 Å². The number of hydrogen-bond acceptors (Lipinski definition) is 3. The van der Waals surface area contributed by atoms with Gasteiger partial charge in [0, 0.05) is 18.0 Å². The second-order valence-corrected chi connectivity index (χ2v) is 4.36. The fraction of sp³-hybridized carbons (Fsp3) is 0.286. The van der Waals surface area contributed by atoms with Crippen molar-refractivity contribution < 1.29 is 18.7 Å². The van der Waals surface area contributed by atoms with Crippen molar-refractivity contribution in [3.8, 4) is 0 Å². The monoisotopic (exact) mass is 263 g/mol. The summed E-state index contributed by atoms with van der Waals surface area (Å²) in [4.78, 5) is 23.4. The van der Waals surface area contributed by atoms with E-state index in [-0.39, 0.29) is 12.3 Å². The van der Waals surface area contributed by atoms with Gasteiger partial charge in [0.2, 0.25) is 5.91 Å². The first-order valence-electron chi connectivity index (χ1n) is 5.88. The van der Waals surface area contributed by atoms with Crippen LogP contribution in [0.25, 0.3) is 0 Å². The highest BCUT2D eigenvalue weighted by Crippen LogP contribution is 2.34. The Bertz CT molecular complexity index is 566. The van der Waals surface area contributed by atoms with Crippen LogP contribution < -0.4 is 5.32 Å². The lowest BCUT2D eigenvalue weighted by Crippen LogP contribution is -2.34. The van der Waals surface area contributed by atoms with E-state index in [2.05, 4.69) is 5.32 Å². The molecule has 0 radical (unpaired) electrons. The van der Waals surface area contributed by atoms with Gasteiger partial charge in [0.1, 0.15) is 5.82 Å². The molecule has 1 aliphatic heterocycles. The average molecular weight is 263 g/mol. The van der Waals surface area contributed by atoms with E-state index in [1.807, 2.05) is 0 Å². The molecule has 1 atom stereocenters. The largest absolute Gasteiger partial charge is 0.466 e. The number of allylic oxidation sites excluding steroid dienone is 1. The van der Waals surface area contributed by atoms with Gasteiger partial charge in [-0.3, -0.25) is 4.79 Å². The Hall–Kier alpha value is -2.17. The van der Waals surface area contributed by atoms with E-state index in [0.29, 0.717) is 16.8 Å². The summed E-state index contributed by atoms with van der Waals surface area (Å²) in [6.07, 6.45) is 0.0305. The maximum Gasteiger partial charge on any atom is 0.336 e. The van der Waals surface area contributed by atoms with Crippen LogP contribution in [-0.4, -0.2) is 19.0 Å². The first kappa shape index (κ1) is 13.3. The van der Waals surface area contributed by atoms with Gasteiger partial charge in [-0.1, -0.05) is 18.2 Å². The Morgan fingerprint density at radius 1 is 1.42 bits per heavy atom. The second-order valence-electron chi connectivity index (χ2n) is 4.36. The van der Waals surface area contributed by atoms with Crippen molar-refractivity contribution in [2.75, 3.05) is 7.11 Å². The zero-order chi connectivity index (χ0) is 14.0. The van der Waals surface area contributed by atoms with Gasteiger partial charge in [-0.05, 0) is 18.6 Å². The first-order chi connectivity index (χ1) is 9.04. The van der Waals surface area contributed by atoms with Crippen molar-refractivity contribution in [3.05, 3.63) is 46.9 Å². The second kappa shape index (κ2) is 5.22. The van der Waals surface area contributed by atoms with Crippen molar-refractivity contribution in [1.29, 1.82) is 0 Å². The summed E-state index contributed by atoms with van der Waals surface area (Å²) in [5, 5.41) is 2.58. The Morgan fingerprint density at radius 2 is 2.11 bits per heavy atom. The Balaban J connectivity index is 2.53. The number of ether oxygens (including phenoxy) is 1. The Labute approximate surface area is 110 Å². The van der Waals surface area contributed by atoms with Crippen molar-refractivity contribution in [3.63, 3.8) is 0 Å². The molecule has 1 aliphatic rings. The van der Waals surface area contributed by atoms with E-state index < -0.39 is 17.7 Å². The zero-order valence-corrected chi connectivity index (χ0v) is 10.7. The van der Waals surface area contributed by atoms with Crippen LogP contribution in [-0.2, 0) is 14.3 Å². The van der Waals surface area contributed by atoms with E-state index in [9.17, 15) is 14.0 Å². The van der Waals surface area contributed by atoms with Gasteiger partial charge in [-0.25, -0.2) is 9.18 Å². The molecular weight excluding hydrogens is 249 g/mol. The number of halogens is 1. The van der Waals surface area contributed by atoms with Crippen LogP contribution in [0, 0.1) is 5.82 Å². The number of carbonyl (C=O) groups excluding carboxylic acids is 2. The molecule has 0 saturated carbocycles. The molecule has 0 saturated heterocycles. The molecular formula is C14H14FNO3. The predicted octanol–water partition coefficient (Wildman–Crippen LogP) is 1.88. The van der Waals surface area contributed by atoms with E-state index in [1.54, 1.807) is 25.1 Å². The molecule has 0 unspecified atom stereocenters. The molecule has 1 aromatic rings. The molecule has 0 bridgehead atoms. The van der Waals surface area contributed by atoms with Gasteiger partial charge in [0.05, 0.1) is 12.7 Å². The molecule has 4 nitrogen and oxygen atoms in total. The average Bonchev–Trinajstić information content (AvgIpc) is 2.37. The molecule has 1 N–H and O–H groups in total. The molecule has 0 aromatic heterocycles. The number of carbonyl (C=O) groups is 2. The summed E-state index contributed by atoms with van der Waals surface area (Å²) in [6.45, 7) is 1.61. The minimum atomic E-state index is -0.609. The van der Waals surface area contributed by atoms with Crippen LogP contribution in [0.2, 0.25) is 0 Å². The number of hydrogen-bond donors (Lipinski definition) is 1. The molecule has 2 rings (SSSR count). The normalized spacial score (nSPS) is 19.1. The van der Waals surface area contributed by atoms with Gasteiger partial charge < -0.3 is 10.1 Å². The third-order valence-corrected chi connectivity index (χ3v) is 3.15. The lowest BCUT2D eigenvalue weighted by Gasteiger charge is -2.26. The van der Waals surface area contributed by atoms with Crippen molar-refractivity contribution in [2.24, 2.45) is 0 Å². The van der Waals surface area contributed by atoms with E-state index in [4.69, 9.17) is 4.74 Å². The Kier molecular flexibility index (Phi) is 3.64. The lowest BCUT2D eigenvalue weighted by atomic mass is 9.84. The van der Waals surface area contributed by atoms with Crippen LogP contribution in [0.15, 0.2) is 35.5 Å². The topological polar surface area (TPSA) is 55.4 Å². The highest BCUT2D eigenvalue weighted by Gasteiger charge is 2.33. The standard InChI is InChI=1S/C14H14FNO3/c1-8-13(14(18)19-2)10(7-12(17)16-8)9-5-3-4-6-11(9)15/h3-6,10H,7H2,1-2H3,(H,16,17)/t10-/m0/s1. The predicted molar refractivity (Wildman–Crippen MR) is 66.6 cm³/mol. The van der Waals surface area contributed by atoms with Crippen LogP contribution in [0.5, 0.6) is 0 Å². The highest BCUT2D eigenvalue weighted by atomic mass is 19.1. The maximum atomic E-state index is 13.9. The van der Waals surface area contributed by atoms with Crippen LogP contribution in [0.4, 0.5) is 4.39 Å².